The zero-order valence-corrected chi connectivity index (χ0v) is 15.7. The van der Waals surface area contributed by atoms with Gasteiger partial charge >= 0.3 is 10.1 Å². The smallest absolute Gasteiger partial charge is 0.339 e. The molecular weight excluding hydrogens is 442 g/mol. The molecular formula is C16H10BrN3O6S. The Kier molecular flexibility index (Phi) is 5.94. The number of carbonyl (C=O) groups is 1. The highest BCUT2D eigenvalue weighted by atomic mass is 79.9. The van der Waals surface area contributed by atoms with E-state index in [1.54, 1.807) is 6.07 Å². The number of rotatable bonds is 6. The third kappa shape index (κ3) is 4.90. The van der Waals surface area contributed by atoms with Crippen LogP contribution in [0.3, 0.4) is 0 Å². The SMILES string of the molecule is N#C/C(=C\c1cc(Br)ccc1OS(=O)(=O)c1cccc([N+](=O)[O-])c1)C(N)=O. The maximum absolute atomic E-state index is 12.5. The zero-order valence-electron chi connectivity index (χ0n) is 13.3. The van der Waals surface area contributed by atoms with Gasteiger partial charge in [0.1, 0.15) is 22.3 Å². The van der Waals surface area contributed by atoms with Crippen molar-refractivity contribution in [2.24, 2.45) is 5.73 Å². The molecule has 0 bridgehead atoms. The first-order chi connectivity index (χ1) is 12.6. The summed E-state index contributed by atoms with van der Waals surface area (Å²) >= 11 is 3.19. The number of halogens is 1. The number of carbonyl (C=O) groups excluding carboxylic acids is 1. The lowest BCUT2D eigenvalue weighted by molar-refractivity contribution is -0.385. The number of amides is 1. The second-order valence-corrected chi connectivity index (χ2v) is 7.47. The molecule has 2 aromatic rings. The molecule has 2 aromatic carbocycles. The second kappa shape index (κ2) is 7.98. The van der Waals surface area contributed by atoms with Gasteiger partial charge in [-0.25, -0.2) is 0 Å². The van der Waals surface area contributed by atoms with E-state index in [0.29, 0.717) is 4.47 Å². The van der Waals surface area contributed by atoms with Gasteiger partial charge in [-0.05, 0) is 30.3 Å². The normalized spacial score (nSPS) is 11.5. The number of hydrogen-bond acceptors (Lipinski definition) is 7. The van der Waals surface area contributed by atoms with Crippen molar-refractivity contribution in [2.45, 2.75) is 4.90 Å². The first kappa shape index (κ1) is 20.1. The van der Waals surface area contributed by atoms with Crippen LogP contribution in [0, 0.1) is 21.4 Å². The molecule has 0 unspecified atom stereocenters. The molecule has 0 aliphatic carbocycles. The van der Waals surface area contributed by atoms with Crippen LogP contribution >= 0.6 is 15.9 Å². The third-order valence-electron chi connectivity index (χ3n) is 3.17. The van der Waals surface area contributed by atoms with E-state index in [0.717, 1.165) is 24.3 Å². The van der Waals surface area contributed by atoms with E-state index in [2.05, 4.69) is 15.9 Å². The van der Waals surface area contributed by atoms with Crippen LogP contribution in [-0.4, -0.2) is 19.2 Å². The molecule has 138 valence electrons. The van der Waals surface area contributed by atoms with Crippen LogP contribution in [0.2, 0.25) is 0 Å². The maximum Gasteiger partial charge on any atom is 0.339 e. The Labute approximate surface area is 162 Å². The van der Waals surface area contributed by atoms with Crippen LogP contribution < -0.4 is 9.92 Å². The second-order valence-electron chi connectivity index (χ2n) is 5.01. The average Bonchev–Trinajstić information content (AvgIpc) is 2.61. The third-order valence-corrected chi connectivity index (χ3v) is 4.90. The molecule has 9 nitrogen and oxygen atoms in total. The van der Waals surface area contributed by atoms with E-state index in [-0.39, 0.29) is 11.3 Å². The summed E-state index contributed by atoms with van der Waals surface area (Å²) in [4.78, 5) is 20.9. The Morgan fingerprint density at radius 2 is 2.00 bits per heavy atom. The van der Waals surface area contributed by atoms with Gasteiger partial charge in [-0.1, -0.05) is 22.0 Å². The zero-order chi connectivity index (χ0) is 20.2. The molecule has 0 saturated heterocycles. The fourth-order valence-electron chi connectivity index (χ4n) is 1.94. The lowest BCUT2D eigenvalue weighted by Crippen LogP contribution is -2.13. The summed E-state index contributed by atoms with van der Waals surface area (Å²) in [7, 11) is -4.42. The van der Waals surface area contributed by atoms with Crippen molar-refractivity contribution in [3.05, 3.63) is 68.2 Å². The van der Waals surface area contributed by atoms with Gasteiger partial charge in [0.15, 0.2) is 0 Å². The fourth-order valence-corrected chi connectivity index (χ4v) is 3.31. The van der Waals surface area contributed by atoms with Crippen molar-refractivity contribution >= 4 is 43.7 Å². The lowest BCUT2D eigenvalue weighted by Gasteiger charge is -2.10. The topological polar surface area (TPSA) is 153 Å². The Hall–Kier alpha value is -3.23. The minimum absolute atomic E-state index is 0.0914. The minimum Gasteiger partial charge on any atom is -0.378 e. The van der Waals surface area contributed by atoms with E-state index < -0.39 is 37.1 Å². The summed E-state index contributed by atoms with van der Waals surface area (Å²) in [6, 6.07) is 10.1. The van der Waals surface area contributed by atoms with Crippen molar-refractivity contribution in [3.8, 4) is 11.8 Å². The Bertz CT molecular complexity index is 1110. The minimum atomic E-state index is -4.42. The van der Waals surface area contributed by atoms with Crippen molar-refractivity contribution in [1.29, 1.82) is 5.26 Å². The highest BCUT2D eigenvalue weighted by molar-refractivity contribution is 9.10. The molecule has 0 aliphatic rings. The highest BCUT2D eigenvalue weighted by Crippen LogP contribution is 2.29. The van der Waals surface area contributed by atoms with Crippen LogP contribution in [0.15, 0.2) is 57.4 Å². The molecule has 0 saturated carbocycles. The first-order valence-electron chi connectivity index (χ1n) is 7.04. The summed E-state index contributed by atoms with van der Waals surface area (Å²) < 4.78 is 30.5. The number of nitro benzene ring substituents is 1. The van der Waals surface area contributed by atoms with E-state index >= 15 is 0 Å². The van der Waals surface area contributed by atoms with Crippen LogP contribution in [0.5, 0.6) is 5.75 Å². The number of nitrogens with two attached hydrogens (primary N) is 1. The number of nitrogens with zero attached hydrogens (tertiary/aromatic N) is 2. The van der Waals surface area contributed by atoms with Crippen LogP contribution in [0.1, 0.15) is 5.56 Å². The van der Waals surface area contributed by atoms with Gasteiger partial charge in [0.05, 0.1) is 4.92 Å². The number of non-ortho nitro benzene ring substituents is 1. The average molecular weight is 452 g/mol. The molecule has 0 atom stereocenters. The van der Waals surface area contributed by atoms with Crippen molar-refractivity contribution in [3.63, 3.8) is 0 Å². The van der Waals surface area contributed by atoms with Crippen LogP contribution in [0.4, 0.5) is 5.69 Å². The molecule has 27 heavy (non-hydrogen) atoms. The van der Waals surface area contributed by atoms with Gasteiger partial charge in [-0.15, -0.1) is 0 Å². The summed E-state index contributed by atoms with van der Waals surface area (Å²) in [5.41, 5.74) is 4.34. The van der Waals surface area contributed by atoms with E-state index in [1.165, 1.54) is 24.3 Å². The van der Waals surface area contributed by atoms with Crippen LogP contribution in [0.25, 0.3) is 6.08 Å². The van der Waals surface area contributed by atoms with E-state index in [9.17, 15) is 23.3 Å². The quantitative estimate of drug-likeness (QED) is 0.232. The number of nitriles is 1. The predicted octanol–water partition coefficient (Wildman–Crippen LogP) is 2.52. The van der Waals surface area contributed by atoms with E-state index in [4.69, 9.17) is 15.2 Å². The molecule has 11 heteroatoms. The molecule has 1 amide bonds. The van der Waals surface area contributed by atoms with Gasteiger partial charge in [0, 0.05) is 22.2 Å². The summed E-state index contributed by atoms with van der Waals surface area (Å²) in [5, 5.41) is 19.8. The molecule has 0 heterocycles. The largest absolute Gasteiger partial charge is 0.378 e. The fraction of sp³-hybridized carbons (Fsp3) is 0. The standard InChI is InChI=1S/C16H10BrN3O6S/c17-12-4-5-15(10(7-12)6-11(9-18)16(19)21)26-27(24,25)14-3-1-2-13(8-14)20(22)23/h1-8H,(H2,19,21)/b11-6+. The highest BCUT2D eigenvalue weighted by Gasteiger charge is 2.21. The molecule has 0 radical (unpaired) electrons. The van der Waals surface area contributed by atoms with Gasteiger partial charge in [-0.2, -0.15) is 13.7 Å². The van der Waals surface area contributed by atoms with Crippen molar-refractivity contribution < 1.29 is 22.3 Å². The van der Waals surface area contributed by atoms with Gasteiger partial charge in [0.25, 0.3) is 11.6 Å². The first-order valence-corrected chi connectivity index (χ1v) is 9.24. The number of primary amides is 1. The van der Waals surface area contributed by atoms with Gasteiger partial charge in [-0.3, -0.25) is 14.9 Å². The Balaban J connectivity index is 2.51. The number of hydrogen-bond donors (Lipinski definition) is 1. The Morgan fingerprint density at radius 1 is 1.30 bits per heavy atom. The molecule has 2 rings (SSSR count). The molecule has 0 fully saturated rings. The number of nitro groups is 1. The monoisotopic (exact) mass is 451 g/mol. The Morgan fingerprint density at radius 3 is 2.59 bits per heavy atom. The summed E-state index contributed by atoms with van der Waals surface area (Å²) in [5.74, 6) is -1.19. The lowest BCUT2D eigenvalue weighted by atomic mass is 10.1. The summed E-state index contributed by atoms with van der Waals surface area (Å²) in [6.07, 6.45) is 1.07. The van der Waals surface area contributed by atoms with E-state index in [1.807, 2.05) is 0 Å². The summed E-state index contributed by atoms with van der Waals surface area (Å²) in [6.45, 7) is 0. The van der Waals surface area contributed by atoms with Crippen molar-refractivity contribution in [2.75, 3.05) is 0 Å². The van der Waals surface area contributed by atoms with Gasteiger partial charge in [0.2, 0.25) is 0 Å². The molecule has 0 aliphatic heterocycles. The van der Waals surface area contributed by atoms with Gasteiger partial charge < -0.3 is 9.92 Å². The van der Waals surface area contributed by atoms with Crippen LogP contribution in [-0.2, 0) is 14.9 Å². The molecule has 0 aromatic heterocycles. The number of benzene rings is 2. The molecule has 0 spiro atoms. The predicted molar refractivity (Wildman–Crippen MR) is 97.8 cm³/mol. The van der Waals surface area contributed by atoms with Crippen molar-refractivity contribution in [1.82, 2.24) is 0 Å². The molecule has 2 N–H and O–H groups in total. The maximum atomic E-state index is 12.5.